The predicted molar refractivity (Wildman–Crippen MR) is 58.6 cm³/mol. The zero-order valence-corrected chi connectivity index (χ0v) is 9.25. The van der Waals surface area contributed by atoms with Crippen molar-refractivity contribution in [1.29, 1.82) is 0 Å². The summed E-state index contributed by atoms with van der Waals surface area (Å²) in [7, 11) is 0. The number of hydrogen-bond acceptors (Lipinski definition) is 4. The molecule has 15 heavy (non-hydrogen) atoms. The largest absolute Gasteiger partial charge is 0.444 e. The Bertz CT molecular complexity index is 292. The maximum absolute atomic E-state index is 5.50. The highest BCUT2D eigenvalue weighted by Gasteiger charge is 2.13. The van der Waals surface area contributed by atoms with E-state index < -0.39 is 0 Å². The average molecular weight is 209 g/mol. The molecule has 1 aliphatic rings. The Kier molecular flexibility index (Phi) is 3.75. The van der Waals surface area contributed by atoms with Gasteiger partial charge in [0.25, 0.3) is 0 Å². The minimum absolute atomic E-state index is 0.630. The van der Waals surface area contributed by atoms with Crippen molar-refractivity contribution in [3.63, 3.8) is 0 Å². The van der Waals surface area contributed by atoms with Crippen molar-refractivity contribution in [3.8, 4) is 0 Å². The number of aryl methyl sites for hydroxylation is 1. The monoisotopic (exact) mass is 209 g/mol. The molecule has 0 radical (unpaired) electrons. The molecule has 2 heterocycles. The molecule has 1 aromatic rings. The summed E-state index contributed by atoms with van der Waals surface area (Å²) in [6.07, 6.45) is 5.30. The smallest absolute Gasteiger partial charge is 0.208 e. The molecule has 4 nitrogen and oxygen atoms in total. The standard InChI is InChI=1S/C11H19N3O/c1-2-10-7-14-11(15-10)8-12-6-9-4-3-5-13-9/h7,9,12-13H,2-6,8H2,1H3. The molecule has 0 amide bonds. The number of nitrogens with one attached hydrogen (secondary N) is 2. The Morgan fingerprint density at radius 1 is 1.67 bits per heavy atom. The first-order valence-electron chi connectivity index (χ1n) is 5.76. The summed E-state index contributed by atoms with van der Waals surface area (Å²) in [5, 5.41) is 6.81. The molecule has 1 unspecified atom stereocenters. The van der Waals surface area contributed by atoms with Crippen LogP contribution < -0.4 is 10.6 Å². The minimum Gasteiger partial charge on any atom is -0.444 e. The van der Waals surface area contributed by atoms with E-state index in [1.807, 2.05) is 6.20 Å². The van der Waals surface area contributed by atoms with Gasteiger partial charge in [0.1, 0.15) is 5.76 Å². The summed E-state index contributed by atoms with van der Waals surface area (Å²) in [5.41, 5.74) is 0. The van der Waals surface area contributed by atoms with E-state index in [2.05, 4.69) is 22.5 Å². The van der Waals surface area contributed by atoms with Gasteiger partial charge in [-0.15, -0.1) is 0 Å². The molecule has 1 aliphatic heterocycles. The van der Waals surface area contributed by atoms with Gasteiger partial charge >= 0.3 is 0 Å². The molecular weight excluding hydrogens is 190 g/mol. The van der Waals surface area contributed by atoms with E-state index in [1.54, 1.807) is 0 Å². The maximum Gasteiger partial charge on any atom is 0.208 e. The second kappa shape index (κ2) is 5.28. The predicted octanol–water partition coefficient (Wildman–Crippen LogP) is 1.08. The highest BCUT2D eigenvalue weighted by molar-refractivity contribution is 4.93. The van der Waals surface area contributed by atoms with Crippen LogP contribution in [0.5, 0.6) is 0 Å². The third-order valence-electron chi connectivity index (χ3n) is 2.78. The first-order valence-corrected chi connectivity index (χ1v) is 5.76. The molecule has 1 saturated heterocycles. The zero-order valence-electron chi connectivity index (χ0n) is 9.25. The van der Waals surface area contributed by atoms with Gasteiger partial charge in [-0.1, -0.05) is 6.92 Å². The molecule has 4 heteroatoms. The van der Waals surface area contributed by atoms with Gasteiger partial charge in [-0.3, -0.25) is 0 Å². The Morgan fingerprint density at radius 2 is 2.60 bits per heavy atom. The second-order valence-corrected chi connectivity index (χ2v) is 4.00. The van der Waals surface area contributed by atoms with Crippen LogP contribution in [0.2, 0.25) is 0 Å². The van der Waals surface area contributed by atoms with Gasteiger partial charge in [0.2, 0.25) is 5.89 Å². The van der Waals surface area contributed by atoms with Crippen LogP contribution in [0, 0.1) is 0 Å². The highest BCUT2D eigenvalue weighted by Crippen LogP contribution is 2.05. The van der Waals surface area contributed by atoms with Crippen LogP contribution in [0.4, 0.5) is 0 Å². The van der Waals surface area contributed by atoms with Crippen molar-refractivity contribution in [2.75, 3.05) is 13.1 Å². The lowest BCUT2D eigenvalue weighted by molar-refractivity contribution is 0.428. The van der Waals surface area contributed by atoms with E-state index in [1.165, 1.54) is 12.8 Å². The number of oxazole rings is 1. The summed E-state index contributed by atoms with van der Waals surface area (Å²) in [4.78, 5) is 4.20. The topological polar surface area (TPSA) is 50.1 Å². The Labute approximate surface area is 90.5 Å². The number of rotatable bonds is 5. The molecule has 1 aromatic heterocycles. The molecule has 2 N–H and O–H groups in total. The first kappa shape index (κ1) is 10.6. The molecule has 0 spiro atoms. The molecule has 0 aliphatic carbocycles. The normalized spacial score (nSPS) is 21.0. The lowest BCUT2D eigenvalue weighted by atomic mass is 10.2. The van der Waals surface area contributed by atoms with Crippen LogP contribution in [0.1, 0.15) is 31.4 Å². The molecule has 84 valence electrons. The maximum atomic E-state index is 5.50. The van der Waals surface area contributed by atoms with Crippen molar-refractivity contribution < 1.29 is 4.42 Å². The molecular formula is C11H19N3O. The van der Waals surface area contributed by atoms with Gasteiger partial charge in [-0.2, -0.15) is 0 Å². The summed E-state index contributed by atoms with van der Waals surface area (Å²) < 4.78 is 5.50. The average Bonchev–Trinajstić information content (AvgIpc) is 2.88. The SMILES string of the molecule is CCc1cnc(CNCC2CCCN2)o1. The molecule has 0 saturated carbocycles. The molecule has 1 atom stereocenters. The van der Waals surface area contributed by atoms with Gasteiger partial charge in [-0.25, -0.2) is 4.98 Å². The van der Waals surface area contributed by atoms with Gasteiger partial charge < -0.3 is 15.1 Å². The van der Waals surface area contributed by atoms with Crippen LogP contribution >= 0.6 is 0 Å². The molecule has 0 bridgehead atoms. The fourth-order valence-corrected chi connectivity index (χ4v) is 1.88. The van der Waals surface area contributed by atoms with Crippen molar-refractivity contribution in [1.82, 2.24) is 15.6 Å². The second-order valence-electron chi connectivity index (χ2n) is 4.00. The van der Waals surface area contributed by atoms with Crippen molar-refractivity contribution in [2.24, 2.45) is 0 Å². The Hall–Kier alpha value is -0.870. The van der Waals surface area contributed by atoms with Crippen LogP contribution in [0.25, 0.3) is 0 Å². The molecule has 2 rings (SSSR count). The van der Waals surface area contributed by atoms with Crippen LogP contribution in [0.3, 0.4) is 0 Å². The summed E-state index contributed by atoms with van der Waals surface area (Å²) in [5.74, 6) is 1.76. The summed E-state index contributed by atoms with van der Waals surface area (Å²) in [6, 6.07) is 0.630. The van der Waals surface area contributed by atoms with Crippen LogP contribution in [0.15, 0.2) is 10.6 Å². The molecule has 0 aromatic carbocycles. The number of hydrogen-bond donors (Lipinski definition) is 2. The third kappa shape index (κ3) is 3.04. The van der Waals surface area contributed by atoms with Gasteiger partial charge in [0.05, 0.1) is 12.7 Å². The third-order valence-corrected chi connectivity index (χ3v) is 2.78. The van der Waals surface area contributed by atoms with Gasteiger partial charge in [0, 0.05) is 19.0 Å². The Morgan fingerprint density at radius 3 is 3.27 bits per heavy atom. The summed E-state index contributed by atoms with van der Waals surface area (Å²) in [6.45, 7) is 4.97. The lowest BCUT2D eigenvalue weighted by Gasteiger charge is -2.09. The number of aromatic nitrogens is 1. The van der Waals surface area contributed by atoms with E-state index in [0.29, 0.717) is 6.04 Å². The number of nitrogens with zero attached hydrogens (tertiary/aromatic N) is 1. The van der Waals surface area contributed by atoms with Crippen LogP contribution in [-0.2, 0) is 13.0 Å². The minimum atomic E-state index is 0.630. The Balaban J connectivity index is 1.68. The fraction of sp³-hybridized carbons (Fsp3) is 0.727. The van der Waals surface area contributed by atoms with E-state index in [9.17, 15) is 0 Å². The molecule has 1 fully saturated rings. The highest BCUT2D eigenvalue weighted by atomic mass is 16.4. The lowest BCUT2D eigenvalue weighted by Crippen LogP contribution is -2.33. The van der Waals surface area contributed by atoms with Crippen molar-refractivity contribution >= 4 is 0 Å². The van der Waals surface area contributed by atoms with Crippen molar-refractivity contribution in [2.45, 2.75) is 38.8 Å². The van der Waals surface area contributed by atoms with E-state index in [-0.39, 0.29) is 0 Å². The van der Waals surface area contributed by atoms with Gasteiger partial charge in [0.15, 0.2) is 0 Å². The van der Waals surface area contributed by atoms with E-state index >= 15 is 0 Å². The zero-order chi connectivity index (χ0) is 10.5. The van der Waals surface area contributed by atoms with E-state index in [4.69, 9.17) is 4.42 Å². The quantitative estimate of drug-likeness (QED) is 0.762. The van der Waals surface area contributed by atoms with Gasteiger partial charge in [-0.05, 0) is 19.4 Å². The fourth-order valence-electron chi connectivity index (χ4n) is 1.88. The first-order chi connectivity index (χ1) is 7.38. The van der Waals surface area contributed by atoms with Crippen molar-refractivity contribution in [3.05, 3.63) is 17.8 Å². The van der Waals surface area contributed by atoms with E-state index in [0.717, 1.165) is 37.7 Å². The summed E-state index contributed by atoms with van der Waals surface area (Å²) >= 11 is 0. The van der Waals surface area contributed by atoms with Crippen LogP contribution in [-0.4, -0.2) is 24.1 Å².